The predicted octanol–water partition coefficient (Wildman–Crippen LogP) is 5.87. The smallest absolute Gasteiger partial charge is 0.260 e. The maximum absolute atomic E-state index is 13.4. The fraction of sp³-hybridized carbons (Fsp3) is 0.130. The van der Waals surface area contributed by atoms with E-state index in [1.807, 2.05) is 36.4 Å². The molecule has 0 N–H and O–H groups in total. The fourth-order valence-electron chi connectivity index (χ4n) is 3.02. The van der Waals surface area contributed by atoms with Crippen LogP contribution in [0.2, 0.25) is 0 Å². The van der Waals surface area contributed by atoms with Crippen molar-refractivity contribution >= 4 is 44.4 Å². The number of ether oxygens (including phenoxy) is 1. The zero-order chi connectivity index (χ0) is 20.2. The van der Waals surface area contributed by atoms with Crippen molar-refractivity contribution in [3.05, 3.63) is 83.9 Å². The number of anilines is 1. The Labute approximate surface area is 178 Å². The van der Waals surface area contributed by atoms with Gasteiger partial charge in [0, 0.05) is 10.5 Å². The molecule has 0 atom stereocenters. The van der Waals surface area contributed by atoms with E-state index in [0.717, 1.165) is 21.5 Å². The number of thioether (sulfide) groups is 1. The summed E-state index contributed by atoms with van der Waals surface area (Å²) >= 11 is 3.24. The van der Waals surface area contributed by atoms with Gasteiger partial charge < -0.3 is 4.74 Å². The maximum Gasteiger partial charge on any atom is 0.260 e. The van der Waals surface area contributed by atoms with Crippen LogP contribution in [0.3, 0.4) is 0 Å². The molecule has 0 unspecified atom stereocenters. The van der Waals surface area contributed by atoms with E-state index in [1.54, 1.807) is 59.4 Å². The molecule has 4 rings (SSSR count). The summed E-state index contributed by atoms with van der Waals surface area (Å²) < 4.78 is 6.29. The lowest BCUT2D eigenvalue weighted by Crippen LogP contribution is -2.30. The Bertz CT molecular complexity index is 1120. The van der Waals surface area contributed by atoms with Gasteiger partial charge in [0.1, 0.15) is 5.75 Å². The van der Waals surface area contributed by atoms with Crippen LogP contribution in [0.15, 0.2) is 77.7 Å². The Balaban J connectivity index is 1.74. The highest BCUT2D eigenvalue weighted by Gasteiger charge is 2.22. The summed E-state index contributed by atoms with van der Waals surface area (Å²) in [7, 11) is 1.61. The minimum absolute atomic E-state index is 0.0827. The number of nitrogens with zero attached hydrogens (tertiary/aromatic N) is 2. The minimum Gasteiger partial charge on any atom is -0.497 e. The average molecular weight is 421 g/mol. The summed E-state index contributed by atoms with van der Waals surface area (Å²) in [5, 5.41) is 0.697. The lowest BCUT2D eigenvalue weighted by atomic mass is 10.1. The van der Waals surface area contributed by atoms with Gasteiger partial charge in [0.15, 0.2) is 5.13 Å². The molecule has 6 heteroatoms. The second kappa shape index (κ2) is 8.68. The number of carbonyl (C=O) groups is 1. The van der Waals surface area contributed by atoms with Crippen LogP contribution >= 0.6 is 23.1 Å². The van der Waals surface area contributed by atoms with Gasteiger partial charge >= 0.3 is 0 Å². The second-order valence-corrected chi connectivity index (χ2v) is 8.32. The Kier molecular flexibility index (Phi) is 5.83. The quantitative estimate of drug-likeness (QED) is 0.366. The molecule has 29 heavy (non-hydrogen) atoms. The van der Waals surface area contributed by atoms with Crippen molar-refractivity contribution in [3.8, 4) is 5.75 Å². The first kappa shape index (κ1) is 19.5. The molecule has 1 amide bonds. The van der Waals surface area contributed by atoms with Crippen molar-refractivity contribution in [2.24, 2.45) is 0 Å². The molecule has 4 aromatic rings. The summed E-state index contributed by atoms with van der Waals surface area (Å²) in [4.78, 5) is 21.1. The highest BCUT2D eigenvalue weighted by Crippen LogP contribution is 2.33. The number of rotatable bonds is 6. The van der Waals surface area contributed by atoms with Crippen molar-refractivity contribution in [3.63, 3.8) is 0 Å². The molecular weight excluding hydrogens is 400 g/mol. The second-order valence-electron chi connectivity index (χ2n) is 6.44. The number of benzene rings is 3. The van der Waals surface area contributed by atoms with Gasteiger partial charge in [-0.05, 0) is 54.3 Å². The topological polar surface area (TPSA) is 42.4 Å². The van der Waals surface area contributed by atoms with Crippen LogP contribution < -0.4 is 9.64 Å². The van der Waals surface area contributed by atoms with Crippen molar-refractivity contribution in [2.45, 2.75) is 11.4 Å². The van der Waals surface area contributed by atoms with Crippen LogP contribution in [0.4, 0.5) is 5.13 Å². The predicted molar refractivity (Wildman–Crippen MR) is 121 cm³/mol. The van der Waals surface area contributed by atoms with Gasteiger partial charge in [-0.2, -0.15) is 0 Å². The zero-order valence-electron chi connectivity index (χ0n) is 16.2. The molecule has 0 bridgehead atoms. The largest absolute Gasteiger partial charge is 0.497 e. The molecule has 0 saturated carbocycles. The third-order valence-electron chi connectivity index (χ3n) is 4.58. The maximum atomic E-state index is 13.4. The third kappa shape index (κ3) is 4.28. The van der Waals surface area contributed by atoms with Crippen molar-refractivity contribution in [1.82, 2.24) is 4.98 Å². The highest BCUT2D eigenvalue weighted by molar-refractivity contribution is 7.98. The summed E-state index contributed by atoms with van der Waals surface area (Å²) in [5.74, 6) is 0.640. The fourth-order valence-corrected chi connectivity index (χ4v) is 4.53. The molecule has 0 spiro atoms. The monoisotopic (exact) mass is 420 g/mol. The van der Waals surface area contributed by atoms with Crippen LogP contribution in [0, 0.1) is 0 Å². The van der Waals surface area contributed by atoms with Gasteiger partial charge in [0.2, 0.25) is 0 Å². The Morgan fingerprint density at radius 3 is 2.52 bits per heavy atom. The van der Waals surface area contributed by atoms with Crippen molar-refractivity contribution in [2.75, 3.05) is 18.3 Å². The number of hydrogen-bond acceptors (Lipinski definition) is 5. The molecule has 0 radical (unpaired) electrons. The van der Waals surface area contributed by atoms with Crippen LogP contribution in [0.25, 0.3) is 10.2 Å². The first-order chi connectivity index (χ1) is 14.2. The standard InChI is InChI=1S/C23H20N2O2S2/c1-27-18-10-8-17(9-11-18)22(26)25(15-16-6-4-3-5-7-16)23-24-20-13-12-19(28-2)14-21(20)29-23/h3-14H,15H2,1-2H3. The van der Waals surface area contributed by atoms with E-state index in [2.05, 4.69) is 18.4 Å². The molecule has 0 aliphatic carbocycles. The molecule has 146 valence electrons. The number of thiazole rings is 1. The number of fused-ring (bicyclic) bond motifs is 1. The van der Waals surface area contributed by atoms with Gasteiger partial charge in [-0.1, -0.05) is 41.7 Å². The number of hydrogen-bond donors (Lipinski definition) is 0. The van der Waals surface area contributed by atoms with E-state index in [-0.39, 0.29) is 5.91 Å². The first-order valence-corrected chi connectivity index (χ1v) is 11.2. The Hall–Kier alpha value is -2.83. The molecule has 4 nitrogen and oxygen atoms in total. The molecule has 1 aromatic heterocycles. The van der Waals surface area contributed by atoms with E-state index in [1.165, 1.54) is 4.90 Å². The number of aromatic nitrogens is 1. The SMILES string of the molecule is COc1ccc(C(=O)N(Cc2ccccc2)c2nc3ccc(SC)cc3s2)cc1. The molecule has 0 aliphatic heterocycles. The van der Waals surface area contributed by atoms with Gasteiger partial charge in [-0.3, -0.25) is 9.69 Å². The molecular formula is C23H20N2O2S2. The van der Waals surface area contributed by atoms with Crippen molar-refractivity contribution in [1.29, 1.82) is 0 Å². The van der Waals surface area contributed by atoms with Gasteiger partial charge in [-0.25, -0.2) is 4.98 Å². The summed E-state index contributed by atoms with van der Waals surface area (Å²) in [6.07, 6.45) is 2.05. The van der Waals surface area contributed by atoms with Crippen LogP contribution in [-0.4, -0.2) is 24.3 Å². The molecule has 0 aliphatic rings. The number of carbonyl (C=O) groups excluding carboxylic acids is 1. The zero-order valence-corrected chi connectivity index (χ0v) is 17.8. The van der Waals surface area contributed by atoms with Gasteiger partial charge in [-0.15, -0.1) is 11.8 Å². The van der Waals surface area contributed by atoms with E-state index >= 15 is 0 Å². The molecule has 0 saturated heterocycles. The van der Waals surface area contributed by atoms with Gasteiger partial charge in [0.05, 0.1) is 23.9 Å². The lowest BCUT2D eigenvalue weighted by molar-refractivity contribution is 0.0985. The summed E-state index contributed by atoms with van der Waals surface area (Å²) in [5.41, 5.74) is 2.56. The van der Waals surface area contributed by atoms with E-state index in [4.69, 9.17) is 9.72 Å². The number of methoxy groups -OCH3 is 1. The minimum atomic E-state index is -0.0827. The van der Waals surface area contributed by atoms with Crippen molar-refractivity contribution < 1.29 is 9.53 Å². The summed E-state index contributed by atoms with van der Waals surface area (Å²) in [6, 6.07) is 23.4. The number of amides is 1. The van der Waals surface area contributed by atoms with E-state index < -0.39 is 0 Å². The molecule has 1 heterocycles. The van der Waals surface area contributed by atoms with Crippen LogP contribution in [0.5, 0.6) is 5.75 Å². The third-order valence-corrected chi connectivity index (χ3v) is 6.35. The Morgan fingerprint density at radius 2 is 1.83 bits per heavy atom. The molecule has 0 fully saturated rings. The lowest BCUT2D eigenvalue weighted by Gasteiger charge is -2.20. The first-order valence-electron chi connectivity index (χ1n) is 9.12. The highest BCUT2D eigenvalue weighted by atomic mass is 32.2. The summed E-state index contributed by atoms with van der Waals surface area (Å²) in [6.45, 7) is 0.459. The normalized spacial score (nSPS) is 10.8. The van der Waals surface area contributed by atoms with Crippen LogP contribution in [0.1, 0.15) is 15.9 Å². The average Bonchev–Trinajstić information content (AvgIpc) is 3.20. The van der Waals surface area contributed by atoms with Gasteiger partial charge in [0.25, 0.3) is 5.91 Å². The molecule has 3 aromatic carbocycles. The van der Waals surface area contributed by atoms with E-state index in [9.17, 15) is 4.79 Å². The Morgan fingerprint density at radius 1 is 1.07 bits per heavy atom. The van der Waals surface area contributed by atoms with E-state index in [0.29, 0.717) is 17.2 Å². The van der Waals surface area contributed by atoms with Crippen LogP contribution in [-0.2, 0) is 6.54 Å².